The van der Waals surface area contributed by atoms with Gasteiger partial charge in [-0.1, -0.05) is 6.92 Å². The summed E-state index contributed by atoms with van der Waals surface area (Å²) in [5, 5.41) is 13.7. The minimum Gasteiger partial charge on any atom is -0.388 e. The van der Waals surface area contributed by atoms with E-state index in [1.54, 1.807) is 11.9 Å². The minimum atomic E-state index is -0.775. The van der Waals surface area contributed by atoms with Crippen molar-refractivity contribution in [3.63, 3.8) is 0 Å². The molecule has 2 atom stereocenters. The SMILES string of the molecule is CC1CCNC(C(=O)N(C)CC2(O)CCOCC2)C1. The first-order valence-corrected chi connectivity index (χ1v) is 7.29. The van der Waals surface area contributed by atoms with E-state index in [0.29, 0.717) is 38.5 Å². The molecule has 2 saturated heterocycles. The fraction of sp³-hybridized carbons (Fsp3) is 0.929. The van der Waals surface area contributed by atoms with Crippen molar-refractivity contribution in [1.82, 2.24) is 10.2 Å². The van der Waals surface area contributed by atoms with Crippen LogP contribution in [-0.4, -0.2) is 60.9 Å². The summed E-state index contributed by atoms with van der Waals surface area (Å²) in [6.07, 6.45) is 3.25. The monoisotopic (exact) mass is 270 g/mol. The molecular formula is C14H26N2O3. The van der Waals surface area contributed by atoms with Crippen LogP contribution in [0, 0.1) is 5.92 Å². The fourth-order valence-electron chi connectivity index (χ4n) is 2.99. The van der Waals surface area contributed by atoms with Gasteiger partial charge in [-0.2, -0.15) is 0 Å². The standard InChI is InChI=1S/C14H26N2O3/c1-11-3-6-15-12(9-11)13(17)16(2)10-14(18)4-7-19-8-5-14/h11-12,15,18H,3-10H2,1-2H3. The number of nitrogens with one attached hydrogen (secondary N) is 1. The average molecular weight is 270 g/mol. The number of amides is 1. The Morgan fingerprint density at radius 3 is 2.79 bits per heavy atom. The Balaban J connectivity index is 1.87. The summed E-state index contributed by atoms with van der Waals surface area (Å²) in [4.78, 5) is 14.1. The zero-order chi connectivity index (χ0) is 13.9. The van der Waals surface area contributed by atoms with Gasteiger partial charge in [0.25, 0.3) is 0 Å². The molecule has 2 N–H and O–H groups in total. The first kappa shape index (κ1) is 14.8. The van der Waals surface area contributed by atoms with E-state index >= 15 is 0 Å². The van der Waals surface area contributed by atoms with Crippen LogP contribution in [0.25, 0.3) is 0 Å². The molecule has 2 heterocycles. The van der Waals surface area contributed by atoms with Crippen LogP contribution in [0.4, 0.5) is 0 Å². The molecule has 0 aromatic rings. The number of carbonyl (C=O) groups is 1. The van der Waals surface area contributed by atoms with Crippen LogP contribution < -0.4 is 5.32 Å². The quantitative estimate of drug-likeness (QED) is 0.778. The van der Waals surface area contributed by atoms with E-state index in [4.69, 9.17) is 4.74 Å². The summed E-state index contributed by atoms with van der Waals surface area (Å²) in [5.74, 6) is 0.696. The Hall–Kier alpha value is -0.650. The van der Waals surface area contributed by atoms with Crippen molar-refractivity contribution < 1.29 is 14.6 Å². The molecule has 0 aliphatic carbocycles. The minimum absolute atomic E-state index is 0.0859. The summed E-state index contributed by atoms with van der Waals surface area (Å²) < 4.78 is 5.26. The molecule has 5 heteroatoms. The van der Waals surface area contributed by atoms with E-state index in [0.717, 1.165) is 19.4 Å². The summed E-state index contributed by atoms with van der Waals surface area (Å²) in [6.45, 7) is 4.66. The smallest absolute Gasteiger partial charge is 0.239 e. The number of nitrogens with zero attached hydrogens (tertiary/aromatic N) is 1. The molecule has 2 rings (SSSR count). The maximum atomic E-state index is 12.4. The van der Waals surface area contributed by atoms with Crippen molar-refractivity contribution in [2.75, 3.05) is 33.4 Å². The number of ether oxygens (including phenoxy) is 1. The molecule has 2 fully saturated rings. The summed E-state index contributed by atoms with van der Waals surface area (Å²) in [5.41, 5.74) is -0.775. The highest BCUT2D eigenvalue weighted by Gasteiger charge is 2.34. The molecule has 5 nitrogen and oxygen atoms in total. The van der Waals surface area contributed by atoms with Gasteiger partial charge in [0, 0.05) is 39.6 Å². The first-order valence-electron chi connectivity index (χ1n) is 7.29. The number of likely N-dealkylation sites (N-methyl/N-ethyl adjacent to an activating group) is 1. The van der Waals surface area contributed by atoms with Crippen LogP contribution in [0.1, 0.15) is 32.6 Å². The second kappa shape index (κ2) is 6.20. The fourth-order valence-corrected chi connectivity index (χ4v) is 2.99. The van der Waals surface area contributed by atoms with Gasteiger partial charge in [-0.15, -0.1) is 0 Å². The second-order valence-corrected chi connectivity index (χ2v) is 6.17. The zero-order valence-electron chi connectivity index (χ0n) is 12.0. The molecule has 1 amide bonds. The Kier molecular flexibility index (Phi) is 4.81. The molecule has 0 saturated carbocycles. The molecule has 110 valence electrons. The normalized spacial score (nSPS) is 30.9. The van der Waals surface area contributed by atoms with Gasteiger partial charge in [-0.25, -0.2) is 0 Å². The molecule has 2 unspecified atom stereocenters. The molecule has 2 aliphatic heterocycles. The topological polar surface area (TPSA) is 61.8 Å². The lowest BCUT2D eigenvalue weighted by Crippen LogP contribution is -2.53. The highest BCUT2D eigenvalue weighted by molar-refractivity contribution is 5.81. The number of carbonyl (C=O) groups excluding carboxylic acids is 1. The first-order chi connectivity index (χ1) is 9.00. The van der Waals surface area contributed by atoms with E-state index in [-0.39, 0.29) is 11.9 Å². The van der Waals surface area contributed by atoms with Crippen molar-refractivity contribution in [2.45, 2.75) is 44.2 Å². The third-order valence-corrected chi connectivity index (χ3v) is 4.30. The van der Waals surface area contributed by atoms with E-state index in [1.807, 2.05) is 0 Å². The van der Waals surface area contributed by atoms with Gasteiger partial charge in [-0.3, -0.25) is 4.79 Å². The van der Waals surface area contributed by atoms with Gasteiger partial charge in [-0.05, 0) is 25.3 Å². The summed E-state index contributed by atoms with van der Waals surface area (Å²) in [7, 11) is 1.79. The Bertz CT molecular complexity index is 316. The molecular weight excluding hydrogens is 244 g/mol. The van der Waals surface area contributed by atoms with Gasteiger partial charge in [0.05, 0.1) is 11.6 Å². The third kappa shape index (κ3) is 3.91. The second-order valence-electron chi connectivity index (χ2n) is 6.17. The van der Waals surface area contributed by atoms with Gasteiger partial charge in [0.2, 0.25) is 5.91 Å². The van der Waals surface area contributed by atoms with E-state index in [2.05, 4.69) is 12.2 Å². The van der Waals surface area contributed by atoms with Gasteiger partial charge < -0.3 is 20.1 Å². The van der Waals surface area contributed by atoms with Crippen molar-refractivity contribution in [1.29, 1.82) is 0 Å². The maximum absolute atomic E-state index is 12.4. The van der Waals surface area contributed by atoms with Crippen molar-refractivity contribution >= 4 is 5.91 Å². The van der Waals surface area contributed by atoms with E-state index < -0.39 is 5.60 Å². The number of rotatable bonds is 3. The Labute approximate surface area is 115 Å². The van der Waals surface area contributed by atoms with Crippen LogP contribution >= 0.6 is 0 Å². The predicted octanol–water partition coefficient (Wildman–Crippen LogP) is 0.374. The molecule has 0 spiro atoms. The predicted molar refractivity (Wildman–Crippen MR) is 72.8 cm³/mol. The molecule has 2 aliphatic rings. The maximum Gasteiger partial charge on any atom is 0.239 e. The molecule has 0 bridgehead atoms. The highest BCUT2D eigenvalue weighted by Crippen LogP contribution is 2.22. The van der Waals surface area contributed by atoms with E-state index in [9.17, 15) is 9.90 Å². The lowest BCUT2D eigenvalue weighted by molar-refractivity contribution is -0.139. The van der Waals surface area contributed by atoms with Gasteiger partial charge in [0.1, 0.15) is 0 Å². The van der Waals surface area contributed by atoms with Crippen LogP contribution in [-0.2, 0) is 9.53 Å². The zero-order valence-corrected chi connectivity index (χ0v) is 12.0. The number of hydrogen-bond donors (Lipinski definition) is 2. The molecule has 19 heavy (non-hydrogen) atoms. The number of piperidine rings is 1. The Morgan fingerprint density at radius 2 is 2.16 bits per heavy atom. The highest BCUT2D eigenvalue weighted by atomic mass is 16.5. The lowest BCUT2D eigenvalue weighted by atomic mass is 9.91. The van der Waals surface area contributed by atoms with Gasteiger partial charge in [0.15, 0.2) is 0 Å². The summed E-state index contributed by atoms with van der Waals surface area (Å²) >= 11 is 0. The molecule has 0 radical (unpaired) electrons. The lowest BCUT2D eigenvalue weighted by Gasteiger charge is -2.37. The van der Waals surface area contributed by atoms with Crippen molar-refractivity contribution in [3.05, 3.63) is 0 Å². The Morgan fingerprint density at radius 1 is 1.47 bits per heavy atom. The summed E-state index contributed by atoms with van der Waals surface area (Å²) in [6, 6.07) is -0.0859. The van der Waals surface area contributed by atoms with E-state index in [1.165, 1.54) is 0 Å². The van der Waals surface area contributed by atoms with Crippen molar-refractivity contribution in [3.8, 4) is 0 Å². The van der Waals surface area contributed by atoms with Crippen molar-refractivity contribution in [2.24, 2.45) is 5.92 Å². The van der Waals surface area contributed by atoms with Crippen LogP contribution in [0.3, 0.4) is 0 Å². The third-order valence-electron chi connectivity index (χ3n) is 4.30. The molecule has 0 aromatic carbocycles. The van der Waals surface area contributed by atoms with Gasteiger partial charge >= 0.3 is 0 Å². The van der Waals surface area contributed by atoms with Crippen LogP contribution in [0.2, 0.25) is 0 Å². The number of aliphatic hydroxyl groups is 1. The van der Waals surface area contributed by atoms with Crippen LogP contribution in [0.15, 0.2) is 0 Å². The average Bonchev–Trinajstić information content (AvgIpc) is 2.38. The molecule has 0 aromatic heterocycles. The van der Waals surface area contributed by atoms with Crippen LogP contribution in [0.5, 0.6) is 0 Å². The number of hydrogen-bond acceptors (Lipinski definition) is 4. The largest absolute Gasteiger partial charge is 0.388 e.